The van der Waals surface area contributed by atoms with Crippen molar-refractivity contribution < 1.29 is 4.74 Å². The van der Waals surface area contributed by atoms with Crippen LogP contribution in [0.5, 0.6) is 0 Å². The van der Waals surface area contributed by atoms with E-state index in [1.807, 2.05) is 0 Å². The fraction of sp³-hybridized carbons (Fsp3) is 0.611. The van der Waals surface area contributed by atoms with Crippen LogP contribution in [0, 0.1) is 0 Å². The van der Waals surface area contributed by atoms with Crippen molar-refractivity contribution in [2.75, 3.05) is 26.2 Å². The van der Waals surface area contributed by atoms with Crippen LogP contribution in [0.2, 0.25) is 0 Å². The summed E-state index contributed by atoms with van der Waals surface area (Å²) in [7, 11) is 0. The topological polar surface area (TPSA) is 36.9 Å². The van der Waals surface area contributed by atoms with E-state index in [-0.39, 0.29) is 0 Å². The molecule has 0 spiro atoms. The average Bonchev–Trinajstić information content (AvgIpc) is 3.07. The van der Waals surface area contributed by atoms with Crippen LogP contribution in [0.25, 0.3) is 0 Å². The Morgan fingerprint density at radius 3 is 3.00 bits per heavy atom. The number of ether oxygens (including phenoxy) is 1. The van der Waals surface area contributed by atoms with E-state index in [9.17, 15) is 0 Å². The van der Waals surface area contributed by atoms with Crippen LogP contribution in [-0.4, -0.2) is 43.2 Å². The van der Waals surface area contributed by atoms with Crippen molar-refractivity contribution in [3.63, 3.8) is 0 Å². The summed E-state index contributed by atoms with van der Waals surface area (Å²) in [6.07, 6.45) is 4.97. The molecule has 1 fully saturated rings. The van der Waals surface area contributed by atoms with Gasteiger partial charge in [-0.05, 0) is 43.7 Å². The van der Waals surface area contributed by atoms with E-state index in [0.29, 0.717) is 6.10 Å². The zero-order chi connectivity index (χ0) is 15.2. The van der Waals surface area contributed by atoms with Crippen LogP contribution >= 0.6 is 0 Å². The first-order chi connectivity index (χ1) is 10.9. The second-order valence-corrected chi connectivity index (χ2v) is 6.10. The first kappa shape index (κ1) is 15.3. The lowest BCUT2D eigenvalue weighted by atomic mass is 10.0. The first-order valence-electron chi connectivity index (χ1n) is 8.58. The minimum absolute atomic E-state index is 0.425. The lowest BCUT2D eigenvalue weighted by molar-refractivity contribution is 0.106. The van der Waals surface area contributed by atoms with Crippen LogP contribution in [0.4, 0.5) is 0 Å². The summed E-state index contributed by atoms with van der Waals surface area (Å²) in [6, 6.07) is 8.74. The van der Waals surface area contributed by atoms with Gasteiger partial charge in [0.2, 0.25) is 0 Å². The molecule has 1 unspecified atom stereocenters. The fourth-order valence-corrected chi connectivity index (χ4v) is 3.29. The van der Waals surface area contributed by atoms with Crippen molar-refractivity contribution in [1.29, 1.82) is 0 Å². The van der Waals surface area contributed by atoms with Crippen molar-refractivity contribution in [3.05, 3.63) is 35.4 Å². The average molecular weight is 301 g/mol. The largest absolute Gasteiger partial charge is 0.378 e. The summed E-state index contributed by atoms with van der Waals surface area (Å²) in [5, 5.41) is 3.44. The van der Waals surface area contributed by atoms with Crippen molar-refractivity contribution in [2.45, 2.75) is 45.3 Å². The van der Waals surface area contributed by atoms with Crippen molar-refractivity contribution in [2.24, 2.45) is 4.99 Å². The van der Waals surface area contributed by atoms with Crippen molar-refractivity contribution in [1.82, 2.24) is 10.2 Å². The summed E-state index contributed by atoms with van der Waals surface area (Å²) in [5.41, 5.74) is 2.91. The Morgan fingerprint density at radius 1 is 1.36 bits per heavy atom. The molecule has 1 saturated heterocycles. The number of rotatable bonds is 4. The standard InChI is InChI=1S/C18H27N3O/c1-2-19-18(20-11-9-17-8-5-13-22-17)21-12-10-15-6-3-4-7-16(15)14-21/h3-4,6-7,17H,2,5,8-14H2,1H3,(H,19,20). The third kappa shape index (κ3) is 3.80. The van der Waals surface area contributed by atoms with Gasteiger partial charge >= 0.3 is 0 Å². The molecule has 0 amide bonds. The zero-order valence-electron chi connectivity index (χ0n) is 13.6. The van der Waals surface area contributed by atoms with Crippen LogP contribution in [0.15, 0.2) is 29.3 Å². The molecule has 0 aromatic heterocycles. The number of benzene rings is 1. The fourth-order valence-electron chi connectivity index (χ4n) is 3.29. The zero-order valence-corrected chi connectivity index (χ0v) is 13.6. The molecule has 2 aliphatic rings. The quantitative estimate of drug-likeness (QED) is 0.686. The lowest BCUT2D eigenvalue weighted by Crippen LogP contribution is -2.44. The molecule has 22 heavy (non-hydrogen) atoms. The Kier molecular flexibility index (Phi) is 5.33. The Bertz CT molecular complexity index is 509. The van der Waals surface area contributed by atoms with Gasteiger partial charge in [0.25, 0.3) is 0 Å². The second-order valence-electron chi connectivity index (χ2n) is 6.10. The van der Waals surface area contributed by atoms with Crippen LogP contribution < -0.4 is 5.32 Å². The molecule has 0 radical (unpaired) electrons. The molecule has 2 heterocycles. The van der Waals surface area contributed by atoms with Gasteiger partial charge in [-0.15, -0.1) is 0 Å². The molecular weight excluding hydrogens is 274 g/mol. The van der Waals surface area contributed by atoms with E-state index in [4.69, 9.17) is 9.73 Å². The highest BCUT2D eigenvalue weighted by Crippen LogP contribution is 2.19. The first-order valence-corrected chi connectivity index (χ1v) is 8.58. The molecule has 1 atom stereocenters. The molecule has 3 rings (SSSR count). The van der Waals surface area contributed by atoms with Crippen molar-refractivity contribution >= 4 is 5.96 Å². The van der Waals surface area contributed by atoms with E-state index >= 15 is 0 Å². The molecule has 0 saturated carbocycles. The minimum atomic E-state index is 0.425. The van der Waals surface area contributed by atoms with Crippen molar-refractivity contribution in [3.8, 4) is 0 Å². The number of hydrogen-bond acceptors (Lipinski definition) is 2. The molecule has 1 aromatic carbocycles. The van der Waals surface area contributed by atoms with E-state index in [1.54, 1.807) is 0 Å². The number of aliphatic imine (C=N–C) groups is 1. The smallest absolute Gasteiger partial charge is 0.194 e. The molecular formula is C18H27N3O. The van der Waals surface area contributed by atoms with Gasteiger partial charge in [-0.2, -0.15) is 0 Å². The summed E-state index contributed by atoms with van der Waals surface area (Å²) < 4.78 is 5.68. The molecule has 120 valence electrons. The SMILES string of the molecule is CCNC(=NCCC1CCCO1)N1CCc2ccccc2C1. The lowest BCUT2D eigenvalue weighted by Gasteiger charge is -2.31. The van der Waals surface area contributed by atoms with Gasteiger partial charge in [0, 0.05) is 32.8 Å². The normalized spacial score (nSPS) is 21.8. The third-order valence-corrected chi connectivity index (χ3v) is 4.50. The Hall–Kier alpha value is -1.55. The predicted octanol–water partition coefficient (Wildman–Crippen LogP) is 2.58. The van der Waals surface area contributed by atoms with E-state index in [0.717, 1.165) is 51.6 Å². The van der Waals surface area contributed by atoms with Gasteiger partial charge in [0.05, 0.1) is 6.10 Å². The van der Waals surface area contributed by atoms with Gasteiger partial charge in [0.1, 0.15) is 0 Å². The summed E-state index contributed by atoms with van der Waals surface area (Å²) in [5.74, 6) is 1.05. The maximum absolute atomic E-state index is 5.68. The molecule has 4 nitrogen and oxygen atoms in total. The number of nitrogens with one attached hydrogen (secondary N) is 1. The van der Waals surface area contributed by atoms with Gasteiger partial charge < -0.3 is 15.0 Å². The van der Waals surface area contributed by atoms with Gasteiger partial charge in [-0.25, -0.2) is 0 Å². The number of nitrogens with zero attached hydrogens (tertiary/aromatic N) is 2. The summed E-state index contributed by atoms with van der Waals surface area (Å²) in [4.78, 5) is 7.20. The van der Waals surface area contributed by atoms with Gasteiger partial charge in [-0.3, -0.25) is 4.99 Å². The second kappa shape index (κ2) is 7.63. The third-order valence-electron chi connectivity index (χ3n) is 4.50. The molecule has 1 aromatic rings. The van der Waals surface area contributed by atoms with E-state index in [1.165, 1.54) is 24.0 Å². The monoisotopic (exact) mass is 301 g/mol. The summed E-state index contributed by atoms with van der Waals surface area (Å²) in [6.45, 7) is 6.83. The molecule has 2 aliphatic heterocycles. The van der Waals surface area contributed by atoms with Crippen LogP contribution in [0.3, 0.4) is 0 Å². The van der Waals surface area contributed by atoms with Crippen LogP contribution in [0.1, 0.15) is 37.3 Å². The Labute approximate surface area is 133 Å². The highest BCUT2D eigenvalue weighted by molar-refractivity contribution is 5.80. The van der Waals surface area contributed by atoms with Gasteiger partial charge in [-0.1, -0.05) is 24.3 Å². The Morgan fingerprint density at radius 2 is 2.23 bits per heavy atom. The predicted molar refractivity (Wildman–Crippen MR) is 90.1 cm³/mol. The molecule has 0 aliphatic carbocycles. The van der Waals surface area contributed by atoms with Gasteiger partial charge in [0.15, 0.2) is 5.96 Å². The Balaban J connectivity index is 1.60. The highest BCUT2D eigenvalue weighted by atomic mass is 16.5. The minimum Gasteiger partial charge on any atom is -0.378 e. The molecule has 1 N–H and O–H groups in total. The molecule has 0 bridgehead atoms. The number of hydrogen-bond donors (Lipinski definition) is 1. The maximum Gasteiger partial charge on any atom is 0.194 e. The number of fused-ring (bicyclic) bond motifs is 1. The maximum atomic E-state index is 5.68. The van der Waals surface area contributed by atoms with E-state index < -0.39 is 0 Å². The summed E-state index contributed by atoms with van der Waals surface area (Å²) >= 11 is 0. The van der Waals surface area contributed by atoms with Crippen LogP contribution in [-0.2, 0) is 17.7 Å². The molecule has 4 heteroatoms. The highest BCUT2D eigenvalue weighted by Gasteiger charge is 2.19. The van der Waals surface area contributed by atoms with E-state index in [2.05, 4.69) is 41.4 Å². The number of guanidine groups is 1.